The molecule has 2 aliphatic heterocycles. The molecule has 1 spiro atoms. The Morgan fingerprint density at radius 3 is 2.83 bits per heavy atom. The van der Waals surface area contributed by atoms with Gasteiger partial charge in [0.15, 0.2) is 0 Å². The van der Waals surface area contributed by atoms with Gasteiger partial charge in [0, 0.05) is 39.8 Å². The number of nitrogens with one attached hydrogen (secondary N) is 1. The van der Waals surface area contributed by atoms with Crippen molar-refractivity contribution in [2.45, 2.75) is 31.2 Å². The molecule has 3 amide bonds. The highest BCUT2D eigenvalue weighted by atomic mass is 16.2. The molecule has 1 atom stereocenters. The van der Waals surface area contributed by atoms with Crippen molar-refractivity contribution < 1.29 is 14.4 Å². The van der Waals surface area contributed by atoms with E-state index in [1.54, 1.807) is 40.8 Å². The van der Waals surface area contributed by atoms with Crippen molar-refractivity contribution in [1.29, 1.82) is 0 Å². The third kappa shape index (κ3) is 2.88. The van der Waals surface area contributed by atoms with Crippen LogP contribution in [0.25, 0.3) is 0 Å². The Morgan fingerprint density at radius 2 is 2.17 bits per heavy atom. The maximum atomic E-state index is 12.7. The molecule has 8 nitrogen and oxygen atoms in total. The van der Waals surface area contributed by atoms with E-state index in [2.05, 4.69) is 10.4 Å². The van der Waals surface area contributed by atoms with Crippen molar-refractivity contribution in [3.8, 4) is 0 Å². The number of carbonyl (C=O) groups excluding carboxylic acids is 3. The number of aromatic nitrogens is 2. The van der Waals surface area contributed by atoms with E-state index >= 15 is 0 Å². The van der Waals surface area contributed by atoms with Gasteiger partial charge in [-0.1, -0.05) is 0 Å². The Hall–Kier alpha value is -2.38. The maximum absolute atomic E-state index is 12.7. The van der Waals surface area contributed by atoms with E-state index in [4.69, 9.17) is 0 Å². The second-order valence-electron chi connectivity index (χ2n) is 6.58. The normalized spacial score (nSPS) is 23.8. The van der Waals surface area contributed by atoms with Crippen LogP contribution in [0.15, 0.2) is 12.3 Å². The fraction of sp³-hybridized carbons (Fsp3) is 0.625. The smallest absolute Gasteiger partial charge is 0.274 e. The molecule has 8 heteroatoms. The van der Waals surface area contributed by atoms with Crippen LogP contribution in [0.5, 0.6) is 0 Å². The lowest BCUT2D eigenvalue weighted by molar-refractivity contribution is -0.138. The molecule has 2 saturated heterocycles. The molecule has 0 unspecified atom stereocenters. The SMILES string of the molecule is CNC(=O)CN1C(=O)CC[C@@]12CCCN(C(=O)c1ccn(C)n1)C2. The van der Waals surface area contributed by atoms with Crippen LogP contribution in [0, 0.1) is 0 Å². The Balaban J connectivity index is 1.79. The highest BCUT2D eigenvalue weighted by Gasteiger charge is 2.49. The summed E-state index contributed by atoms with van der Waals surface area (Å²) in [6.07, 6.45) is 4.50. The Labute approximate surface area is 140 Å². The molecular weight excluding hydrogens is 310 g/mol. The number of piperidine rings is 1. The van der Waals surface area contributed by atoms with E-state index < -0.39 is 5.54 Å². The van der Waals surface area contributed by atoms with Crippen LogP contribution in [0.4, 0.5) is 0 Å². The van der Waals surface area contributed by atoms with Crippen LogP contribution < -0.4 is 5.32 Å². The summed E-state index contributed by atoms with van der Waals surface area (Å²) in [6, 6.07) is 1.70. The molecule has 130 valence electrons. The first-order valence-corrected chi connectivity index (χ1v) is 8.25. The molecule has 3 rings (SSSR count). The molecule has 3 heterocycles. The molecule has 0 bridgehead atoms. The number of likely N-dealkylation sites (N-methyl/N-ethyl adjacent to an activating group) is 1. The second kappa shape index (κ2) is 6.26. The van der Waals surface area contributed by atoms with E-state index in [1.807, 2.05) is 0 Å². The summed E-state index contributed by atoms with van der Waals surface area (Å²) in [6.45, 7) is 1.17. The molecule has 0 aliphatic carbocycles. The van der Waals surface area contributed by atoms with Crippen LogP contribution in [0.3, 0.4) is 0 Å². The zero-order valence-electron chi connectivity index (χ0n) is 14.1. The lowest BCUT2D eigenvalue weighted by Gasteiger charge is -2.45. The van der Waals surface area contributed by atoms with E-state index in [1.165, 1.54) is 0 Å². The maximum Gasteiger partial charge on any atom is 0.274 e. The summed E-state index contributed by atoms with van der Waals surface area (Å²) in [5, 5.41) is 6.75. The number of nitrogens with zero attached hydrogens (tertiary/aromatic N) is 4. The number of aryl methyl sites for hydroxylation is 1. The molecule has 2 fully saturated rings. The quantitative estimate of drug-likeness (QED) is 0.827. The van der Waals surface area contributed by atoms with Gasteiger partial charge in [0.1, 0.15) is 12.2 Å². The zero-order chi connectivity index (χ0) is 17.3. The summed E-state index contributed by atoms with van der Waals surface area (Å²) < 4.78 is 1.60. The number of hydrogen-bond acceptors (Lipinski definition) is 4. The van der Waals surface area contributed by atoms with Gasteiger partial charge in [-0.15, -0.1) is 0 Å². The number of rotatable bonds is 3. The highest BCUT2D eigenvalue weighted by molar-refractivity contribution is 5.92. The van der Waals surface area contributed by atoms with Crippen LogP contribution in [0.1, 0.15) is 36.2 Å². The first kappa shape index (κ1) is 16.5. The lowest BCUT2D eigenvalue weighted by Crippen LogP contribution is -2.59. The van der Waals surface area contributed by atoms with Gasteiger partial charge in [0.25, 0.3) is 5.91 Å². The highest BCUT2D eigenvalue weighted by Crippen LogP contribution is 2.38. The molecule has 0 radical (unpaired) electrons. The van der Waals surface area contributed by atoms with Crippen molar-refractivity contribution in [3.63, 3.8) is 0 Å². The van der Waals surface area contributed by atoms with Gasteiger partial charge in [0.05, 0.1) is 5.54 Å². The van der Waals surface area contributed by atoms with Gasteiger partial charge in [0.2, 0.25) is 11.8 Å². The summed E-state index contributed by atoms with van der Waals surface area (Å²) in [4.78, 5) is 40.2. The Kier molecular flexibility index (Phi) is 4.29. The Morgan fingerprint density at radius 1 is 1.38 bits per heavy atom. The minimum Gasteiger partial charge on any atom is -0.358 e. The predicted octanol–water partition coefficient (Wildman–Crippen LogP) is -0.237. The van der Waals surface area contributed by atoms with Crippen LogP contribution in [-0.4, -0.2) is 69.5 Å². The van der Waals surface area contributed by atoms with Crippen molar-refractivity contribution in [2.24, 2.45) is 7.05 Å². The lowest BCUT2D eigenvalue weighted by atomic mass is 9.86. The van der Waals surface area contributed by atoms with Gasteiger partial charge in [-0.25, -0.2) is 0 Å². The molecule has 1 aromatic rings. The van der Waals surface area contributed by atoms with Crippen molar-refractivity contribution >= 4 is 17.7 Å². The number of likely N-dealkylation sites (tertiary alicyclic amines) is 2. The fourth-order valence-electron chi connectivity index (χ4n) is 3.75. The third-order valence-corrected chi connectivity index (χ3v) is 5.03. The van der Waals surface area contributed by atoms with E-state index in [-0.39, 0.29) is 24.3 Å². The fourth-order valence-corrected chi connectivity index (χ4v) is 3.75. The van der Waals surface area contributed by atoms with Gasteiger partial charge >= 0.3 is 0 Å². The standard InChI is InChI=1S/C16H23N5O3/c1-17-13(22)10-21-14(23)4-7-16(21)6-3-8-20(11-16)15(24)12-5-9-19(2)18-12/h5,9H,3-4,6-8,10-11H2,1-2H3,(H,17,22)/t16-/m1/s1. The first-order chi connectivity index (χ1) is 11.4. The molecule has 2 aliphatic rings. The minimum absolute atomic E-state index is 0.00858. The van der Waals surface area contributed by atoms with Crippen molar-refractivity contribution in [3.05, 3.63) is 18.0 Å². The van der Waals surface area contributed by atoms with E-state index in [0.29, 0.717) is 31.6 Å². The van der Waals surface area contributed by atoms with Crippen LogP contribution >= 0.6 is 0 Å². The van der Waals surface area contributed by atoms with E-state index in [0.717, 1.165) is 12.8 Å². The molecule has 24 heavy (non-hydrogen) atoms. The topological polar surface area (TPSA) is 87.5 Å². The summed E-state index contributed by atoms with van der Waals surface area (Å²) >= 11 is 0. The first-order valence-electron chi connectivity index (χ1n) is 8.25. The monoisotopic (exact) mass is 333 g/mol. The second-order valence-corrected chi connectivity index (χ2v) is 6.58. The Bertz CT molecular complexity index is 670. The number of carbonyl (C=O) groups is 3. The van der Waals surface area contributed by atoms with E-state index in [9.17, 15) is 14.4 Å². The molecule has 1 N–H and O–H groups in total. The van der Waals surface area contributed by atoms with Gasteiger partial charge in [-0.3, -0.25) is 19.1 Å². The largest absolute Gasteiger partial charge is 0.358 e. The van der Waals surface area contributed by atoms with Crippen molar-refractivity contribution in [2.75, 3.05) is 26.7 Å². The van der Waals surface area contributed by atoms with Gasteiger partial charge in [-0.05, 0) is 25.3 Å². The minimum atomic E-state index is -0.424. The summed E-state index contributed by atoms with van der Waals surface area (Å²) in [5.74, 6) is -0.308. The summed E-state index contributed by atoms with van der Waals surface area (Å²) in [7, 11) is 3.34. The van der Waals surface area contributed by atoms with Crippen molar-refractivity contribution in [1.82, 2.24) is 24.9 Å². The van der Waals surface area contributed by atoms with Crippen LogP contribution in [0.2, 0.25) is 0 Å². The number of amides is 3. The molecular formula is C16H23N5O3. The number of hydrogen-bond donors (Lipinski definition) is 1. The predicted molar refractivity (Wildman–Crippen MR) is 86.1 cm³/mol. The average molecular weight is 333 g/mol. The zero-order valence-corrected chi connectivity index (χ0v) is 14.1. The molecule has 0 aromatic carbocycles. The molecule has 1 aromatic heterocycles. The summed E-state index contributed by atoms with van der Waals surface area (Å²) in [5.41, 5.74) is -0.0107. The van der Waals surface area contributed by atoms with Gasteiger partial charge < -0.3 is 15.1 Å². The van der Waals surface area contributed by atoms with Crippen LogP contribution in [-0.2, 0) is 16.6 Å². The average Bonchev–Trinajstić information content (AvgIpc) is 3.13. The van der Waals surface area contributed by atoms with Gasteiger partial charge in [-0.2, -0.15) is 5.10 Å². The third-order valence-electron chi connectivity index (χ3n) is 5.03. The molecule has 0 saturated carbocycles.